The number of phenols is 1. The van der Waals surface area contributed by atoms with Crippen LogP contribution in [0.25, 0.3) is 27.8 Å². The Hall–Kier alpha value is -3.34. The van der Waals surface area contributed by atoms with Crippen LogP contribution in [0, 0.1) is 41.0 Å². The van der Waals surface area contributed by atoms with Gasteiger partial charge in [0.1, 0.15) is 0 Å². The summed E-state index contributed by atoms with van der Waals surface area (Å²) in [7, 11) is 0. The van der Waals surface area contributed by atoms with Gasteiger partial charge in [0.25, 0.3) is 0 Å². The predicted octanol–water partition coefficient (Wildman–Crippen LogP) is 10.6. The molecule has 0 saturated heterocycles. The maximum atomic E-state index is 15.3. The summed E-state index contributed by atoms with van der Waals surface area (Å²) in [6, 6.07) is 11.7. The number of benzene rings is 3. The molecular formula is C35H36F4O. The second-order valence-electron chi connectivity index (χ2n) is 11.3. The molecule has 2 aliphatic rings. The van der Waals surface area contributed by atoms with Crippen molar-refractivity contribution >= 4 is 5.57 Å². The van der Waals surface area contributed by atoms with Crippen LogP contribution in [0.3, 0.4) is 0 Å². The van der Waals surface area contributed by atoms with Crippen LogP contribution in [0.4, 0.5) is 17.6 Å². The summed E-state index contributed by atoms with van der Waals surface area (Å²) in [6.45, 7) is 2.07. The highest BCUT2D eigenvalue weighted by atomic mass is 19.2. The van der Waals surface area contributed by atoms with E-state index in [0.29, 0.717) is 22.6 Å². The molecule has 0 bridgehead atoms. The fourth-order valence-corrected chi connectivity index (χ4v) is 6.59. The van der Waals surface area contributed by atoms with Gasteiger partial charge in [-0.15, -0.1) is 0 Å². The molecule has 5 rings (SSSR count). The third-order valence-electron chi connectivity index (χ3n) is 8.98. The van der Waals surface area contributed by atoms with E-state index in [-0.39, 0.29) is 11.1 Å². The number of halogens is 4. The topological polar surface area (TPSA) is 20.2 Å². The monoisotopic (exact) mass is 548 g/mol. The van der Waals surface area contributed by atoms with Crippen LogP contribution in [0.15, 0.2) is 66.8 Å². The third-order valence-corrected chi connectivity index (χ3v) is 8.98. The van der Waals surface area contributed by atoms with Gasteiger partial charge in [0.05, 0.1) is 0 Å². The smallest absolute Gasteiger partial charge is 0.200 e. The van der Waals surface area contributed by atoms with Crippen molar-refractivity contribution in [1.82, 2.24) is 0 Å². The van der Waals surface area contributed by atoms with Crippen LogP contribution in [0.5, 0.6) is 5.75 Å². The standard InChI is InChI=1S/C35H36F4O/c1-2-3-4-5-22-6-8-23(9-7-22)24-10-12-25(13-11-24)28-18-19-29(33(37)32(28)36)26-14-16-27(17-15-26)30-20-21-31(40)35(39)34(30)38/h2-3,12,14-24,40H,4-11,13H2,1H3/b3-2+. The molecule has 1 N–H and O–H groups in total. The van der Waals surface area contributed by atoms with Crippen LogP contribution < -0.4 is 0 Å². The van der Waals surface area contributed by atoms with Gasteiger partial charge >= 0.3 is 0 Å². The number of hydrogen-bond donors (Lipinski definition) is 1. The zero-order valence-corrected chi connectivity index (χ0v) is 22.9. The number of rotatable bonds is 7. The van der Waals surface area contributed by atoms with Crippen molar-refractivity contribution in [2.45, 2.75) is 64.7 Å². The molecular weight excluding hydrogens is 512 g/mol. The van der Waals surface area contributed by atoms with Gasteiger partial charge in [-0.1, -0.05) is 67.5 Å². The molecule has 210 valence electrons. The van der Waals surface area contributed by atoms with Crippen molar-refractivity contribution in [3.05, 3.63) is 95.6 Å². The summed E-state index contributed by atoms with van der Waals surface area (Å²) >= 11 is 0. The second-order valence-corrected chi connectivity index (χ2v) is 11.3. The van der Waals surface area contributed by atoms with Crippen LogP contribution in [0.2, 0.25) is 0 Å². The fourth-order valence-electron chi connectivity index (χ4n) is 6.59. The van der Waals surface area contributed by atoms with E-state index in [2.05, 4.69) is 25.2 Å². The van der Waals surface area contributed by atoms with E-state index in [1.807, 2.05) is 0 Å². The van der Waals surface area contributed by atoms with Crippen molar-refractivity contribution in [1.29, 1.82) is 0 Å². The van der Waals surface area contributed by atoms with Crippen molar-refractivity contribution in [2.24, 2.45) is 17.8 Å². The molecule has 2 aliphatic carbocycles. The Morgan fingerprint density at radius 3 is 1.88 bits per heavy atom. The molecule has 5 heteroatoms. The minimum Gasteiger partial charge on any atom is -0.505 e. The molecule has 40 heavy (non-hydrogen) atoms. The Morgan fingerprint density at radius 2 is 1.27 bits per heavy atom. The average Bonchev–Trinajstić information content (AvgIpc) is 2.98. The molecule has 3 aromatic rings. The number of phenolic OH excluding ortho intramolecular Hbond substituents is 1. The van der Waals surface area contributed by atoms with Crippen molar-refractivity contribution in [3.8, 4) is 28.0 Å². The molecule has 1 atom stereocenters. The minimum absolute atomic E-state index is 0.0242. The molecule has 3 aromatic carbocycles. The SMILES string of the molecule is C/C=C/CCC1CCC(C2CC=C(c3ccc(-c4ccc(-c5ccc(O)c(F)c5F)cc4)c(F)c3F)CC2)CC1. The number of hydrogen-bond acceptors (Lipinski definition) is 1. The zero-order valence-electron chi connectivity index (χ0n) is 22.9. The van der Waals surface area contributed by atoms with E-state index < -0.39 is 29.0 Å². The van der Waals surface area contributed by atoms with E-state index in [0.717, 1.165) is 42.7 Å². The first-order valence-electron chi connectivity index (χ1n) is 14.4. The summed E-state index contributed by atoms with van der Waals surface area (Å²) in [4.78, 5) is 0. The predicted molar refractivity (Wildman–Crippen MR) is 154 cm³/mol. The first kappa shape index (κ1) is 28.2. The van der Waals surface area contributed by atoms with Crippen LogP contribution in [-0.2, 0) is 0 Å². The lowest BCUT2D eigenvalue weighted by atomic mass is 9.70. The maximum absolute atomic E-state index is 15.3. The molecule has 0 aliphatic heterocycles. The molecule has 1 fully saturated rings. The third kappa shape index (κ3) is 5.89. The van der Waals surface area contributed by atoms with Crippen molar-refractivity contribution in [3.63, 3.8) is 0 Å². The highest BCUT2D eigenvalue weighted by Gasteiger charge is 2.29. The van der Waals surface area contributed by atoms with E-state index in [1.54, 1.807) is 24.3 Å². The Kier molecular flexibility index (Phi) is 8.78. The molecule has 1 nitrogen and oxygen atoms in total. The van der Waals surface area contributed by atoms with E-state index in [1.165, 1.54) is 56.7 Å². The molecule has 0 aromatic heterocycles. The average molecular weight is 549 g/mol. The Labute approximate surface area is 234 Å². The van der Waals surface area contributed by atoms with Crippen LogP contribution in [-0.4, -0.2) is 5.11 Å². The zero-order chi connectivity index (χ0) is 28.2. The van der Waals surface area contributed by atoms with Crippen LogP contribution >= 0.6 is 0 Å². The molecule has 0 radical (unpaired) electrons. The normalized spacial score (nSPS) is 21.5. The molecule has 0 amide bonds. The minimum atomic E-state index is -1.32. The van der Waals surface area contributed by atoms with Gasteiger partial charge in [-0.05, 0) is 98.5 Å². The van der Waals surface area contributed by atoms with Gasteiger partial charge in [-0.25, -0.2) is 13.2 Å². The fraction of sp³-hybridized carbons (Fsp3) is 0.371. The summed E-state index contributed by atoms with van der Waals surface area (Å²) in [5.41, 5.74) is 2.09. The summed E-state index contributed by atoms with van der Waals surface area (Å²) in [6.07, 6.45) is 16.8. The quantitative estimate of drug-likeness (QED) is 0.230. The summed E-state index contributed by atoms with van der Waals surface area (Å²) in [5, 5.41) is 9.35. The van der Waals surface area contributed by atoms with Gasteiger partial charge in [0, 0.05) is 16.7 Å². The molecule has 1 saturated carbocycles. The second kappa shape index (κ2) is 12.4. The Balaban J connectivity index is 1.25. The first-order valence-corrected chi connectivity index (χ1v) is 14.4. The van der Waals surface area contributed by atoms with Gasteiger partial charge in [-0.3, -0.25) is 0 Å². The van der Waals surface area contributed by atoms with Gasteiger partial charge < -0.3 is 5.11 Å². The Bertz CT molecular complexity index is 1400. The van der Waals surface area contributed by atoms with Gasteiger partial charge in [0.15, 0.2) is 23.2 Å². The van der Waals surface area contributed by atoms with E-state index in [9.17, 15) is 13.9 Å². The largest absolute Gasteiger partial charge is 0.505 e. The lowest BCUT2D eigenvalue weighted by Crippen LogP contribution is -2.23. The number of allylic oxidation sites excluding steroid dienone is 4. The molecule has 0 spiro atoms. The highest BCUT2D eigenvalue weighted by Crippen LogP contribution is 2.43. The Morgan fingerprint density at radius 1 is 0.700 bits per heavy atom. The lowest BCUT2D eigenvalue weighted by molar-refractivity contribution is 0.190. The maximum Gasteiger partial charge on any atom is 0.200 e. The van der Waals surface area contributed by atoms with E-state index in [4.69, 9.17) is 0 Å². The van der Waals surface area contributed by atoms with Gasteiger partial charge in [-0.2, -0.15) is 4.39 Å². The lowest BCUT2D eigenvalue weighted by Gasteiger charge is -2.35. The van der Waals surface area contributed by atoms with Crippen molar-refractivity contribution in [2.75, 3.05) is 0 Å². The van der Waals surface area contributed by atoms with Crippen LogP contribution in [0.1, 0.15) is 70.3 Å². The first-order chi connectivity index (χ1) is 19.4. The summed E-state index contributed by atoms with van der Waals surface area (Å²) in [5.74, 6) is -2.82. The van der Waals surface area contributed by atoms with Gasteiger partial charge in [0.2, 0.25) is 5.82 Å². The number of aromatic hydroxyl groups is 1. The molecule has 1 unspecified atom stereocenters. The molecule has 0 heterocycles. The highest BCUT2D eigenvalue weighted by molar-refractivity contribution is 5.74. The van der Waals surface area contributed by atoms with E-state index >= 15 is 8.78 Å². The summed E-state index contributed by atoms with van der Waals surface area (Å²) < 4.78 is 58.6. The van der Waals surface area contributed by atoms with Crippen molar-refractivity contribution < 1.29 is 22.7 Å².